The third-order valence-electron chi connectivity index (χ3n) is 0. The molecule has 0 atom stereocenters. The fraction of sp³-hybridized carbons (Fsp3) is 0.500. The van der Waals surface area contributed by atoms with E-state index in [9.17, 15) is 0 Å². The van der Waals surface area contributed by atoms with Crippen molar-refractivity contribution in [3.8, 4) is 0 Å². The van der Waals surface area contributed by atoms with E-state index in [0.717, 1.165) is 20.8 Å². The van der Waals surface area contributed by atoms with Gasteiger partial charge in [-0.1, -0.05) is 0 Å². The van der Waals surface area contributed by atoms with Gasteiger partial charge in [0, 0.05) is 17.9 Å². The Hall–Kier alpha value is -0.292. The fourth-order valence-electron chi connectivity index (χ4n) is 0. The summed E-state index contributed by atoms with van der Waals surface area (Å²) in [4.78, 5) is 26.7. The number of hydrogen-bond acceptors (Lipinski definition) is 6. The molecule has 0 aliphatic carbocycles. The molecule has 0 heterocycles. The zero-order chi connectivity index (χ0) is 10.7. The molecule has 0 aliphatic rings. The summed E-state index contributed by atoms with van der Waals surface area (Å²) in [6.07, 6.45) is 0. The summed E-state index contributed by atoms with van der Waals surface area (Å²) in [7, 11) is 0. The van der Waals surface area contributed by atoms with Crippen LogP contribution in [0.2, 0.25) is 0 Å². The zero-order valence-corrected chi connectivity index (χ0v) is 10.5. The molecule has 0 amide bonds. The van der Waals surface area contributed by atoms with Crippen LogP contribution in [-0.2, 0) is 14.4 Å². The number of carbonyl (C=O) groups is 3. The largest absolute Gasteiger partial charge is 3.00 e. The number of hydrogen-bond donors (Lipinski definition) is 0. The molecule has 8 heteroatoms. The van der Waals surface area contributed by atoms with Crippen molar-refractivity contribution in [1.82, 2.24) is 0 Å². The number of carboxylic acids is 3. The molecule has 0 spiro atoms. The van der Waals surface area contributed by atoms with Crippen LogP contribution >= 0.6 is 0 Å². The Balaban J connectivity index is -0.0000000270. The minimum Gasteiger partial charge on any atom is -0.550 e. The van der Waals surface area contributed by atoms with E-state index in [0.29, 0.717) is 0 Å². The smallest absolute Gasteiger partial charge is 0.550 e. The molecule has 0 aromatic rings. The molecule has 83 valence electrons. The van der Waals surface area contributed by atoms with Gasteiger partial charge in [-0.15, -0.1) is 0 Å². The second-order valence-corrected chi connectivity index (χ2v) is 1.47. The Bertz CT molecular complexity index is 116. The van der Waals surface area contributed by atoms with E-state index in [1.54, 1.807) is 0 Å². The van der Waals surface area contributed by atoms with Gasteiger partial charge in [0.15, 0.2) is 0 Å². The van der Waals surface area contributed by atoms with Gasteiger partial charge >= 0.3 is 40.4 Å². The SMILES string of the molecule is CC(=O)[O-].CC(=O)[O-].CC(=O)[O-].O.[Sm+3]. The van der Waals surface area contributed by atoms with Crippen molar-refractivity contribution in [2.45, 2.75) is 20.8 Å². The molecule has 0 bridgehead atoms. The molecule has 0 aromatic carbocycles. The number of aliphatic carboxylic acids is 3. The van der Waals surface area contributed by atoms with Gasteiger partial charge in [-0.05, 0) is 20.8 Å². The average molecular weight is 346 g/mol. The van der Waals surface area contributed by atoms with Gasteiger partial charge in [-0.3, -0.25) is 0 Å². The quantitative estimate of drug-likeness (QED) is 0.431. The molecular formula is C6H11O7Sm. The van der Waals surface area contributed by atoms with E-state index >= 15 is 0 Å². The molecule has 2 N–H and O–H groups in total. The normalized spacial score (nSPS) is 5.36. The van der Waals surface area contributed by atoms with Crippen LogP contribution in [0, 0.1) is 40.4 Å². The van der Waals surface area contributed by atoms with Crippen LogP contribution in [0.4, 0.5) is 0 Å². The maximum Gasteiger partial charge on any atom is 3.00 e. The Labute approximate surface area is 114 Å². The van der Waals surface area contributed by atoms with Gasteiger partial charge in [0.2, 0.25) is 0 Å². The van der Waals surface area contributed by atoms with Crippen molar-refractivity contribution in [1.29, 1.82) is 0 Å². The first-order valence-corrected chi connectivity index (χ1v) is 2.72. The molecule has 0 aromatic heterocycles. The van der Waals surface area contributed by atoms with Crippen LogP contribution in [0.3, 0.4) is 0 Å². The average Bonchev–Trinajstić information content (AvgIpc) is 1.54. The minimum atomic E-state index is -1.08. The van der Waals surface area contributed by atoms with Crippen LogP contribution in [-0.4, -0.2) is 23.4 Å². The van der Waals surface area contributed by atoms with Crippen molar-refractivity contribution in [3.63, 3.8) is 0 Å². The molecule has 7 nitrogen and oxygen atoms in total. The van der Waals surface area contributed by atoms with Crippen molar-refractivity contribution < 1.29 is 75.6 Å². The first-order valence-electron chi connectivity index (χ1n) is 2.72. The summed E-state index contributed by atoms with van der Waals surface area (Å²) in [6, 6.07) is 0. The third kappa shape index (κ3) is 15700. The summed E-state index contributed by atoms with van der Waals surface area (Å²) >= 11 is 0. The topological polar surface area (TPSA) is 152 Å². The minimum absolute atomic E-state index is 0. The Kier molecular flexibility index (Phi) is 47.9. The number of carbonyl (C=O) groups excluding carboxylic acids is 3. The molecule has 0 aliphatic heterocycles. The van der Waals surface area contributed by atoms with Crippen molar-refractivity contribution >= 4 is 17.9 Å². The van der Waals surface area contributed by atoms with Gasteiger partial charge < -0.3 is 35.2 Å². The Morgan fingerprint density at radius 3 is 0.714 bits per heavy atom. The van der Waals surface area contributed by atoms with Gasteiger partial charge in [-0.2, -0.15) is 0 Å². The summed E-state index contributed by atoms with van der Waals surface area (Å²) in [5.41, 5.74) is 0. The van der Waals surface area contributed by atoms with Crippen molar-refractivity contribution in [3.05, 3.63) is 0 Å². The van der Waals surface area contributed by atoms with E-state index in [1.807, 2.05) is 0 Å². The van der Waals surface area contributed by atoms with Crippen LogP contribution in [0.5, 0.6) is 0 Å². The molecule has 0 saturated carbocycles. The maximum atomic E-state index is 8.89. The predicted molar refractivity (Wildman–Crippen MR) is 35.7 cm³/mol. The number of carboxylic acid groups (broad SMARTS) is 3. The summed E-state index contributed by atoms with van der Waals surface area (Å²) in [5.74, 6) is -3.25. The second kappa shape index (κ2) is 23.0. The molecule has 14 heavy (non-hydrogen) atoms. The standard InChI is InChI=1S/3C2H4O2.H2O.Sm/c3*1-2(3)4;;/h3*1H3,(H,3,4);1H2;/q;;;;+3/p-3. The summed E-state index contributed by atoms with van der Waals surface area (Å²) in [5, 5.41) is 26.7. The van der Waals surface area contributed by atoms with Crippen molar-refractivity contribution in [2.75, 3.05) is 0 Å². The van der Waals surface area contributed by atoms with Crippen LogP contribution in [0.15, 0.2) is 0 Å². The van der Waals surface area contributed by atoms with Gasteiger partial charge in [0.05, 0.1) is 0 Å². The van der Waals surface area contributed by atoms with Gasteiger partial charge in [-0.25, -0.2) is 0 Å². The van der Waals surface area contributed by atoms with Gasteiger partial charge in [0.1, 0.15) is 0 Å². The Morgan fingerprint density at radius 1 is 0.714 bits per heavy atom. The van der Waals surface area contributed by atoms with E-state index in [4.69, 9.17) is 29.7 Å². The van der Waals surface area contributed by atoms with Crippen LogP contribution in [0.1, 0.15) is 20.8 Å². The summed E-state index contributed by atoms with van der Waals surface area (Å²) in [6.45, 7) is 2.92. The molecular weight excluding hydrogens is 334 g/mol. The third-order valence-corrected chi connectivity index (χ3v) is 0. The first kappa shape index (κ1) is 29.2. The van der Waals surface area contributed by atoms with E-state index < -0.39 is 17.9 Å². The molecule has 0 saturated heterocycles. The zero-order valence-electron chi connectivity index (χ0n) is 7.86. The van der Waals surface area contributed by atoms with Crippen LogP contribution < -0.4 is 15.3 Å². The van der Waals surface area contributed by atoms with E-state index in [-0.39, 0.29) is 45.9 Å². The van der Waals surface area contributed by atoms with E-state index in [2.05, 4.69) is 0 Å². The van der Waals surface area contributed by atoms with Crippen molar-refractivity contribution in [2.24, 2.45) is 0 Å². The molecule has 0 fully saturated rings. The molecule has 1 radical (unpaired) electrons. The van der Waals surface area contributed by atoms with Crippen LogP contribution in [0.25, 0.3) is 0 Å². The molecule has 0 rings (SSSR count). The van der Waals surface area contributed by atoms with Gasteiger partial charge in [0.25, 0.3) is 0 Å². The fourth-order valence-corrected chi connectivity index (χ4v) is 0. The second-order valence-electron chi connectivity index (χ2n) is 1.47. The maximum absolute atomic E-state index is 8.89. The predicted octanol–water partition coefficient (Wildman–Crippen LogP) is -4.56. The van der Waals surface area contributed by atoms with E-state index in [1.165, 1.54) is 0 Å². The first-order chi connectivity index (χ1) is 5.20. The molecule has 0 unspecified atom stereocenters. The number of rotatable bonds is 0. The summed E-state index contributed by atoms with van der Waals surface area (Å²) < 4.78 is 0. The monoisotopic (exact) mass is 347 g/mol. The Morgan fingerprint density at radius 2 is 0.714 bits per heavy atom.